The molecule has 1 aromatic heterocycles. The van der Waals surface area contributed by atoms with Crippen LogP contribution in [0.2, 0.25) is 0 Å². The van der Waals surface area contributed by atoms with E-state index in [0.29, 0.717) is 0 Å². The molecular weight excluding hydrogens is 274 g/mol. The fourth-order valence-electron chi connectivity index (χ4n) is 3.02. The zero-order chi connectivity index (χ0) is 15.1. The van der Waals surface area contributed by atoms with Crippen molar-refractivity contribution in [2.75, 3.05) is 20.2 Å². The van der Waals surface area contributed by atoms with Crippen LogP contribution >= 0.6 is 0 Å². The summed E-state index contributed by atoms with van der Waals surface area (Å²) < 4.78 is 5.83. The van der Waals surface area contributed by atoms with Crippen molar-refractivity contribution in [1.29, 1.82) is 0 Å². The Bertz CT molecular complexity index is 843. The minimum atomic E-state index is 0. The summed E-state index contributed by atoms with van der Waals surface area (Å²) >= 11 is 0. The van der Waals surface area contributed by atoms with Crippen molar-refractivity contribution < 1.29 is 6.16 Å². The van der Waals surface area contributed by atoms with E-state index in [-0.39, 0.29) is 1.43 Å². The molecule has 0 atom stereocenters. The Kier molecular flexibility index (Phi) is 3.12. The number of imidazole rings is 1. The maximum atomic E-state index is 5.83. The standard InChI is InChI=1S/C18H19N3O.H2/c1-12-19-16-5-3-14(10-17(16)20-12)13-4-6-18-15(9-13)11-21(2)7-8-22-18;/h3-6,9-10H,7-8,11H2,1-2H3,(H,19,20);1H. The molecule has 0 aliphatic carbocycles. The second-order valence-electron chi connectivity index (χ2n) is 5.96. The van der Waals surface area contributed by atoms with Gasteiger partial charge in [0.25, 0.3) is 0 Å². The predicted molar refractivity (Wildman–Crippen MR) is 90.2 cm³/mol. The van der Waals surface area contributed by atoms with Crippen LogP contribution in [0.5, 0.6) is 5.75 Å². The Balaban J connectivity index is 0.00000156. The van der Waals surface area contributed by atoms with Gasteiger partial charge in [0.05, 0.1) is 11.0 Å². The molecule has 0 unspecified atom stereocenters. The Hall–Kier alpha value is -2.33. The van der Waals surface area contributed by atoms with Crippen LogP contribution in [-0.2, 0) is 6.54 Å². The number of ether oxygens (including phenoxy) is 1. The van der Waals surface area contributed by atoms with Gasteiger partial charge in [-0.05, 0) is 49.4 Å². The third kappa shape index (κ3) is 2.35. The number of rotatable bonds is 1. The highest BCUT2D eigenvalue weighted by molar-refractivity contribution is 5.82. The average Bonchev–Trinajstić information content (AvgIpc) is 2.76. The maximum absolute atomic E-state index is 5.83. The molecule has 0 saturated carbocycles. The first-order chi connectivity index (χ1) is 10.7. The van der Waals surface area contributed by atoms with Crippen LogP contribution in [0.1, 0.15) is 12.8 Å². The smallest absolute Gasteiger partial charge is 0.123 e. The molecule has 0 fully saturated rings. The second kappa shape index (κ2) is 5.14. The van der Waals surface area contributed by atoms with E-state index < -0.39 is 0 Å². The summed E-state index contributed by atoms with van der Waals surface area (Å²) in [7, 11) is 2.13. The molecule has 0 amide bonds. The molecule has 114 valence electrons. The molecule has 0 radical (unpaired) electrons. The fourth-order valence-corrected chi connectivity index (χ4v) is 3.02. The highest BCUT2D eigenvalue weighted by Crippen LogP contribution is 2.30. The van der Waals surface area contributed by atoms with E-state index in [1.54, 1.807) is 0 Å². The molecule has 0 spiro atoms. The van der Waals surface area contributed by atoms with Crippen molar-refractivity contribution in [3.05, 3.63) is 47.8 Å². The van der Waals surface area contributed by atoms with E-state index in [2.05, 4.69) is 58.3 Å². The first-order valence-electron chi connectivity index (χ1n) is 7.60. The highest BCUT2D eigenvalue weighted by atomic mass is 16.5. The molecule has 2 heterocycles. The van der Waals surface area contributed by atoms with E-state index in [1.165, 1.54) is 16.7 Å². The molecule has 1 N–H and O–H groups in total. The number of nitrogens with one attached hydrogen (secondary N) is 1. The van der Waals surface area contributed by atoms with Gasteiger partial charge in [0, 0.05) is 20.1 Å². The quantitative estimate of drug-likeness (QED) is 0.745. The summed E-state index contributed by atoms with van der Waals surface area (Å²) in [6, 6.07) is 12.8. The summed E-state index contributed by atoms with van der Waals surface area (Å²) in [5, 5.41) is 0. The first-order valence-corrected chi connectivity index (χ1v) is 7.60. The lowest BCUT2D eigenvalue weighted by Crippen LogP contribution is -2.20. The lowest BCUT2D eigenvalue weighted by molar-refractivity contribution is 0.259. The Morgan fingerprint density at radius 1 is 1.18 bits per heavy atom. The molecule has 3 aromatic rings. The zero-order valence-electron chi connectivity index (χ0n) is 12.9. The van der Waals surface area contributed by atoms with Gasteiger partial charge < -0.3 is 9.72 Å². The monoisotopic (exact) mass is 295 g/mol. The number of benzene rings is 2. The number of aromatic nitrogens is 2. The molecule has 4 heteroatoms. The van der Waals surface area contributed by atoms with Crippen molar-refractivity contribution >= 4 is 11.0 Å². The van der Waals surface area contributed by atoms with Gasteiger partial charge in [-0.25, -0.2) is 4.98 Å². The van der Waals surface area contributed by atoms with E-state index in [4.69, 9.17) is 4.74 Å². The first kappa shape index (κ1) is 13.3. The predicted octanol–water partition coefficient (Wildman–Crippen LogP) is 3.61. The number of H-pyrrole nitrogens is 1. The van der Waals surface area contributed by atoms with E-state index in [1.807, 2.05) is 6.92 Å². The van der Waals surface area contributed by atoms with Crippen molar-refractivity contribution in [2.24, 2.45) is 0 Å². The van der Waals surface area contributed by atoms with E-state index >= 15 is 0 Å². The molecular formula is C18H21N3O. The summed E-state index contributed by atoms with van der Waals surface area (Å²) in [4.78, 5) is 10.1. The fraction of sp³-hybridized carbons (Fsp3) is 0.278. The minimum absolute atomic E-state index is 0. The molecule has 1 aliphatic rings. The van der Waals surface area contributed by atoms with Gasteiger partial charge >= 0.3 is 0 Å². The van der Waals surface area contributed by atoms with Crippen molar-refractivity contribution in [3.63, 3.8) is 0 Å². The summed E-state index contributed by atoms with van der Waals surface area (Å²) in [5.41, 5.74) is 5.76. The van der Waals surface area contributed by atoms with Crippen LogP contribution in [0.4, 0.5) is 0 Å². The number of hydrogen-bond donors (Lipinski definition) is 1. The van der Waals surface area contributed by atoms with Crippen LogP contribution in [0.15, 0.2) is 36.4 Å². The topological polar surface area (TPSA) is 41.2 Å². The van der Waals surface area contributed by atoms with Gasteiger partial charge in [-0.3, -0.25) is 4.90 Å². The number of likely N-dealkylation sites (N-methyl/N-ethyl adjacent to an activating group) is 1. The van der Waals surface area contributed by atoms with E-state index in [0.717, 1.165) is 42.3 Å². The van der Waals surface area contributed by atoms with Gasteiger partial charge in [-0.15, -0.1) is 0 Å². The van der Waals surface area contributed by atoms with Crippen molar-refractivity contribution in [1.82, 2.24) is 14.9 Å². The molecule has 22 heavy (non-hydrogen) atoms. The zero-order valence-corrected chi connectivity index (χ0v) is 12.9. The SMILES string of the molecule is Cc1nc2ccc(-c3ccc4c(c3)CN(C)CCO4)cc2[nH]1.[HH]. The number of fused-ring (bicyclic) bond motifs is 2. The minimum Gasteiger partial charge on any atom is -0.492 e. The molecule has 1 aliphatic heterocycles. The highest BCUT2D eigenvalue weighted by Gasteiger charge is 2.13. The van der Waals surface area contributed by atoms with Gasteiger partial charge in [-0.2, -0.15) is 0 Å². The number of nitrogens with zero attached hydrogens (tertiary/aromatic N) is 2. The van der Waals surface area contributed by atoms with Crippen molar-refractivity contribution in [3.8, 4) is 16.9 Å². The third-order valence-electron chi connectivity index (χ3n) is 4.16. The average molecular weight is 295 g/mol. The van der Waals surface area contributed by atoms with Gasteiger partial charge in [-0.1, -0.05) is 12.1 Å². The van der Waals surface area contributed by atoms with Crippen molar-refractivity contribution in [2.45, 2.75) is 13.5 Å². The van der Waals surface area contributed by atoms with Gasteiger partial charge in [0.15, 0.2) is 0 Å². The normalized spacial score (nSPS) is 15.4. The molecule has 4 rings (SSSR count). The second-order valence-corrected chi connectivity index (χ2v) is 5.96. The Morgan fingerprint density at radius 2 is 2.00 bits per heavy atom. The molecule has 4 nitrogen and oxygen atoms in total. The maximum Gasteiger partial charge on any atom is 0.123 e. The molecule has 0 saturated heterocycles. The molecule has 2 aromatic carbocycles. The summed E-state index contributed by atoms with van der Waals surface area (Å²) in [5.74, 6) is 1.95. The largest absolute Gasteiger partial charge is 0.492 e. The third-order valence-corrected chi connectivity index (χ3v) is 4.16. The van der Waals surface area contributed by atoms with Gasteiger partial charge in [0.1, 0.15) is 18.2 Å². The van der Waals surface area contributed by atoms with Crippen LogP contribution in [0.25, 0.3) is 22.2 Å². The van der Waals surface area contributed by atoms with Crippen LogP contribution in [0, 0.1) is 6.92 Å². The number of hydrogen-bond acceptors (Lipinski definition) is 3. The number of aryl methyl sites for hydroxylation is 1. The summed E-state index contributed by atoms with van der Waals surface area (Å²) in [6.07, 6.45) is 0. The van der Waals surface area contributed by atoms with Crippen LogP contribution in [-0.4, -0.2) is 35.1 Å². The Morgan fingerprint density at radius 3 is 2.91 bits per heavy atom. The van der Waals surface area contributed by atoms with Crippen LogP contribution in [0.3, 0.4) is 0 Å². The lowest BCUT2D eigenvalue weighted by atomic mass is 10.0. The van der Waals surface area contributed by atoms with Gasteiger partial charge in [0.2, 0.25) is 0 Å². The number of aromatic amines is 1. The van der Waals surface area contributed by atoms with E-state index in [9.17, 15) is 0 Å². The Labute approximate surface area is 131 Å². The van der Waals surface area contributed by atoms with Crippen LogP contribution < -0.4 is 4.74 Å². The molecule has 0 bridgehead atoms. The lowest BCUT2D eigenvalue weighted by Gasteiger charge is -2.12. The summed E-state index contributed by atoms with van der Waals surface area (Å²) in [6.45, 7) is 4.62.